The van der Waals surface area contributed by atoms with Crippen LogP contribution in [0.15, 0.2) is 36.4 Å². The third-order valence-corrected chi connectivity index (χ3v) is 13.1. The van der Waals surface area contributed by atoms with E-state index in [2.05, 4.69) is 78.0 Å². The van der Waals surface area contributed by atoms with Gasteiger partial charge in [-0.05, 0) is 83.4 Å². The minimum Gasteiger partial charge on any atom is -0.0850 e. The molecule has 1 aromatic carbocycles. The molecule has 3 aliphatic rings. The zero-order valence-corrected chi connectivity index (χ0v) is 24.0. The molecule has 2 fully saturated rings. The highest BCUT2D eigenvalue weighted by molar-refractivity contribution is 7.60. The summed E-state index contributed by atoms with van der Waals surface area (Å²) in [4.78, 5) is 0. The van der Waals surface area contributed by atoms with E-state index in [1.54, 1.807) is 22.3 Å². The molecule has 188 valence electrons. The second kappa shape index (κ2) is 11.5. The smallest absolute Gasteiger partial charge is 0.0380 e. The van der Waals surface area contributed by atoms with Gasteiger partial charge in [0.05, 0.1) is 0 Å². The summed E-state index contributed by atoms with van der Waals surface area (Å²) >= 11 is 0. The molecular formula is C33H51P. The third kappa shape index (κ3) is 5.28. The first kappa shape index (κ1) is 26.2. The van der Waals surface area contributed by atoms with Gasteiger partial charge in [0.1, 0.15) is 0 Å². The number of benzene rings is 1. The topological polar surface area (TPSA) is 0 Å². The third-order valence-electron chi connectivity index (χ3n) is 9.01. The van der Waals surface area contributed by atoms with E-state index in [4.69, 9.17) is 0 Å². The molecule has 1 unspecified atom stereocenters. The summed E-state index contributed by atoms with van der Waals surface area (Å²) in [6.45, 7) is 14.6. The van der Waals surface area contributed by atoms with Gasteiger partial charge in [0.15, 0.2) is 0 Å². The van der Waals surface area contributed by atoms with Gasteiger partial charge < -0.3 is 0 Å². The minimum atomic E-state index is -0.121. The van der Waals surface area contributed by atoms with Gasteiger partial charge >= 0.3 is 0 Å². The molecule has 2 saturated carbocycles. The van der Waals surface area contributed by atoms with E-state index < -0.39 is 0 Å². The second-order valence-electron chi connectivity index (χ2n) is 12.4. The van der Waals surface area contributed by atoms with Crippen LogP contribution in [0.2, 0.25) is 0 Å². The fourth-order valence-corrected chi connectivity index (χ4v) is 12.1. The molecule has 0 aromatic heterocycles. The molecule has 0 saturated heterocycles. The normalized spacial score (nSPS) is 24.8. The SMILES string of the molecule is CC(C)c1cc(C(C)C)c(C2(P(C3CCCCC3)C3CCCCC3)C=CC=CC2)c(C(C)C)c1. The summed E-state index contributed by atoms with van der Waals surface area (Å²) in [6, 6.07) is 5.25. The van der Waals surface area contributed by atoms with Gasteiger partial charge in [-0.15, -0.1) is 0 Å². The Bertz CT molecular complexity index is 814. The lowest BCUT2D eigenvalue weighted by Crippen LogP contribution is -2.36. The monoisotopic (exact) mass is 478 g/mol. The lowest BCUT2D eigenvalue weighted by Gasteiger charge is -2.52. The number of allylic oxidation sites excluding steroid dienone is 4. The van der Waals surface area contributed by atoms with E-state index >= 15 is 0 Å². The molecule has 1 atom stereocenters. The molecule has 0 aliphatic heterocycles. The molecule has 34 heavy (non-hydrogen) atoms. The standard InChI is InChI=1S/C33H51P/c1-24(2)27-22-30(25(3)4)32(31(23-27)26(5)6)33(20-14-9-15-21-33)34(28-16-10-7-11-17-28)29-18-12-8-13-19-29/h9,14-15,20,22-26,28-29H,7-8,10-13,16-19,21H2,1-6H3. The van der Waals surface area contributed by atoms with Gasteiger partial charge in [-0.1, -0.05) is 124 Å². The van der Waals surface area contributed by atoms with Gasteiger partial charge in [0.2, 0.25) is 0 Å². The molecule has 3 aliphatic carbocycles. The highest BCUT2D eigenvalue weighted by atomic mass is 31.1. The molecule has 1 aromatic rings. The quantitative estimate of drug-likeness (QED) is 0.342. The largest absolute Gasteiger partial charge is 0.0850 e. The Hall–Kier alpha value is -0.870. The highest BCUT2D eigenvalue weighted by Gasteiger charge is 2.48. The van der Waals surface area contributed by atoms with Crippen molar-refractivity contribution >= 4 is 7.92 Å². The van der Waals surface area contributed by atoms with Crippen LogP contribution < -0.4 is 0 Å². The molecule has 0 radical (unpaired) electrons. The average molecular weight is 479 g/mol. The average Bonchev–Trinajstić information content (AvgIpc) is 2.85. The second-order valence-corrected chi connectivity index (χ2v) is 15.5. The Balaban J connectivity index is 1.97. The summed E-state index contributed by atoms with van der Waals surface area (Å²) in [5.74, 6) is 1.72. The van der Waals surface area contributed by atoms with E-state index in [1.165, 1.54) is 70.6 Å². The Labute approximate surface area is 212 Å². The van der Waals surface area contributed by atoms with Crippen molar-refractivity contribution in [1.82, 2.24) is 0 Å². The maximum absolute atomic E-state index is 2.74. The van der Waals surface area contributed by atoms with Crippen LogP contribution in [0.4, 0.5) is 0 Å². The van der Waals surface area contributed by atoms with E-state index in [-0.39, 0.29) is 13.1 Å². The Morgan fingerprint density at radius 2 is 1.18 bits per heavy atom. The zero-order valence-electron chi connectivity index (χ0n) is 23.1. The maximum Gasteiger partial charge on any atom is 0.0380 e. The first-order valence-corrected chi connectivity index (χ1v) is 16.1. The molecule has 0 spiro atoms. The van der Waals surface area contributed by atoms with Crippen molar-refractivity contribution in [3.05, 3.63) is 58.7 Å². The predicted octanol–water partition coefficient (Wildman–Crippen LogP) is 10.9. The van der Waals surface area contributed by atoms with Crippen molar-refractivity contribution < 1.29 is 0 Å². The Kier molecular flexibility index (Phi) is 8.83. The highest BCUT2D eigenvalue weighted by Crippen LogP contribution is 2.71. The number of hydrogen-bond acceptors (Lipinski definition) is 0. The van der Waals surface area contributed by atoms with Crippen LogP contribution in [0.25, 0.3) is 0 Å². The van der Waals surface area contributed by atoms with Gasteiger partial charge in [0.25, 0.3) is 0 Å². The molecule has 0 bridgehead atoms. The van der Waals surface area contributed by atoms with Crippen molar-refractivity contribution in [2.24, 2.45) is 0 Å². The Morgan fingerprint density at radius 3 is 1.56 bits per heavy atom. The summed E-state index contributed by atoms with van der Waals surface area (Å²) < 4.78 is 0. The van der Waals surface area contributed by atoms with Gasteiger partial charge in [-0.25, -0.2) is 0 Å². The fraction of sp³-hybridized carbons (Fsp3) is 0.697. The van der Waals surface area contributed by atoms with Crippen LogP contribution in [0.3, 0.4) is 0 Å². The first-order chi connectivity index (χ1) is 16.3. The summed E-state index contributed by atoms with van der Waals surface area (Å²) in [6.07, 6.45) is 26.0. The van der Waals surface area contributed by atoms with Crippen LogP contribution in [0.1, 0.15) is 152 Å². The Morgan fingerprint density at radius 1 is 0.676 bits per heavy atom. The molecular weight excluding hydrogens is 427 g/mol. The maximum atomic E-state index is 2.74. The number of rotatable bonds is 7. The molecule has 0 amide bonds. The van der Waals surface area contributed by atoms with Gasteiger partial charge in [-0.2, -0.15) is 0 Å². The number of hydrogen-bond donors (Lipinski definition) is 0. The molecule has 4 rings (SSSR count). The van der Waals surface area contributed by atoms with Gasteiger partial charge in [-0.3, -0.25) is 0 Å². The fourth-order valence-electron chi connectivity index (χ4n) is 7.24. The van der Waals surface area contributed by atoms with Crippen molar-refractivity contribution in [1.29, 1.82) is 0 Å². The van der Waals surface area contributed by atoms with Crippen LogP contribution in [-0.4, -0.2) is 11.3 Å². The first-order valence-electron chi connectivity index (χ1n) is 14.7. The van der Waals surface area contributed by atoms with Crippen LogP contribution >= 0.6 is 7.92 Å². The van der Waals surface area contributed by atoms with E-state index in [9.17, 15) is 0 Å². The van der Waals surface area contributed by atoms with E-state index in [0.29, 0.717) is 17.8 Å². The van der Waals surface area contributed by atoms with E-state index in [0.717, 1.165) is 11.3 Å². The van der Waals surface area contributed by atoms with Crippen molar-refractivity contribution in [2.75, 3.05) is 0 Å². The lowest BCUT2D eigenvalue weighted by molar-refractivity contribution is 0.474. The van der Waals surface area contributed by atoms with Crippen molar-refractivity contribution in [3.8, 4) is 0 Å². The summed E-state index contributed by atoms with van der Waals surface area (Å²) in [7, 11) is -0.121. The lowest BCUT2D eigenvalue weighted by atomic mass is 9.77. The van der Waals surface area contributed by atoms with Crippen molar-refractivity contribution in [2.45, 2.75) is 146 Å². The molecule has 0 heterocycles. The molecule has 0 nitrogen and oxygen atoms in total. The molecule has 1 heteroatoms. The van der Waals surface area contributed by atoms with Crippen LogP contribution in [-0.2, 0) is 5.16 Å². The van der Waals surface area contributed by atoms with Gasteiger partial charge in [0, 0.05) is 5.16 Å². The van der Waals surface area contributed by atoms with Crippen LogP contribution in [0, 0.1) is 0 Å². The predicted molar refractivity (Wildman–Crippen MR) is 154 cm³/mol. The minimum absolute atomic E-state index is 0.121. The van der Waals surface area contributed by atoms with Crippen LogP contribution in [0.5, 0.6) is 0 Å². The van der Waals surface area contributed by atoms with Crippen molar-refractivity contribution in [3.63, 3.8) is 0 Å². The van der Waals surface area contributed by atoms with E-state index in [1.807, 2.05) is 0 Å². The summed E-state index contributed by atoms with van der Waals surface area (Å²) in [5.41, 5.74) is 8.54. The summed E-state index contributed by atoms with van der Waals surface area (Å²) in [5, 5.41) is 0.225. The zero-order chi connectivity index (χ0) is 24.3. The molecule has 0 N–H and O–H groups in total.